The molecule has 4 nitrogen and oxygen atoms in total. The lowest BCUT2D eigenvalue weighted by molar-refractivity contribution is -0.134. The summed E-state index contributed by atoms with van der Waals surface area (Å²) in [5.41, 5.74) is 6.00. The van der Waals surface area contributed by atoms with Gasteiger partial charge in [-0.15, -0.1) is 0 Å². The highest BCUT2D eigenvalue weighted by atomic mass is 19.2. The average Bonchev–Trinajstić information content (AvgIpc) is 2.45. The Morgan fingerprint density at radius 2 is 2.05 bits per heavy atom. The molecule has 6 heteroatoms. The molecule has 0 aliphatic heterocycles. The van der Waals surface area contributed by atoms with Crippen molar-refractivity contribution >= 4 is 5.91 Å². The minimum absolute atomic E-state index is 0.150. The van der Waals surface area contributed by atoms with Crippen LogP contribution in [-0.4, -0.2) is 37.6 Å². The number of benzene rings is 1. The fourth-order valence-electron chi connectivity index (χ4n) is 1.81. The summed E-state index contributed by atoms with van der Waals surface area (Å²) < 4.78 is 31.2. The fraction of sp³-hybridized carbons (Fsp3) is 0.500. The van der Waals surface area contributed by atoms with E-state index in [1.54, 1.807) is 14.0 Å². The molecule has 1 aromatic rings. The molecule has 2 atom stereocenters. The molecule has 20 heavy (non-hydrogen) atoms. The van der Waals surface area contributed by atoms with Gasteiger partial charge in [0.05, 0.1) is 18.6 Å². The van der Waals surface area contributed by atoms with Gasteiger partial charge in [-0.1, -0.05) is 6.07 Å². The van der Waals surface area contributed by atoms with Gasteiger partial charge in [0, 0.05) is 20.7 Å². The molecule has 0 fully saturated rings. The van der Waals surface area contributed by atoms with E-state index in [0.717, 1.165) is 12.1 Å². The molecule has 0 saturated carbocycles. The number of hydrogen-bond donors (Lipinski definition) is 1. The zero-order valence-electron chi connectivity index (χ0n) is 11.9. The number of ether oxygens (including phenoxy) is 1. The molecule has 0 heterocycles. The first-order chi connectivity index (χ1) is 9.40. The van der Waals surface area contributed by atoms with Gasteiger partial charge in [0.15, 0.2) is 11.6 Å². The van der Waals surface area contributed by atoms with Crippen molar-refractivity contribution in [2.24, 2.45) is 5.73 Å². The van der Waals surface area contributed by atoms with E-state index < -0.39 is 11.6 Å². The van der Waals surface area contributed by atoms with Crippen molar-refractivity contribution in [3.05, 3.63) is 35.4 Å². The van der Waals surface area contributed by atoms with Crippen LogP contribution in [0.4, 0.5) is 8.78 Å². The molecule has 0 radical (unpaired) electrons. The van der Waals surface area contributed by atoms with Crippen molar-refractivity contribution in [3.63, 3.8) is 0 Å². The van der Waals surface area contributed by atoms with Gasteiger partial charge in [-0.2, -0.15) is 0 Å². The highest BCUT2D eigenvalue weighted by Gasteiger charge is 2.21. The molecule has 2 N–H and O–H groups in total. The van der Waals surface area contributed by atoms with E-state index in [1.807, 2.05) is 0 Å². The van der Waals surface area contributed by atoms with Crippen molar-refractivity contribution in [2.75, 3.05) is 20.7 Å². The largest absolute Gasteiger partial charge is 0.380 e. The third kappa shape index (κ3) is 3.98. The Bertz CT molecular complexity index is 464. The lowest BCUT2D eigenvalue weighted by Gasteiger charge is -2.27. The molecule has 1 aromatic carbocycles. The molecule has 0 aliphatic carbocycles. The molecular weight excluding hydrogens is 266 g/mol. The van der Waals surface area contributed by atoms with Gasteiger partial charge in [0.2, 0.25) is 5.91 Å². The molecule has 0 bridgehead atoms. The summed E-state index contributed by atoms with van der Waals surface area (Å²) in [7, 11) is 3.10. The number of nitrogens with zero attached hydrogens (tertiary/aromatic N) is 1. The maximum Gasteiger partial charge on any atom is 0.225 e. The number of carbonyl (C=O) groups excluding carboxylic acids is 1. The maximum absolute atomic E-state index is 13.2. The fourth-order valence-corrected chi connectivity index (χ4v) is 1.81. The Morgan fingerprint density at radius 1 is 1.40 bits per heavy atom. The third-order valence-electron chi connectivity index (χ3n) is 3.40. The summed E-state index contributed by atoms with van der Waals surface area (Å²) in [5, 5.41) is 0. The van der Waals surface area contributed by atoms with Crippen molar-refractivity contribution < 1.29 is 18.3 Å². The van der Waals surface area contributed by atoms with Gasteiger partial charge in [-0.25, -0.2) is 8.78 Å². The number of nitrogens with two attached hydrogens (primary N) is 1. The summed E-state index contributed by atoms with van der Waals surface area (Å²) >= 11 is 0. The first-order valence-corrected chi connectivity index (χ1v) is 6.34. The lowest BCUT2D eigenvalue weighted by Crippen LogP contribution is -2.35. The maximum atomic E-state index is 13.2. The number of rotatable bonds is 6. The normalized spacial score (nSPS) is 13.9. The predicted octanol–water partition coefficient (Wildman–Crippen LogP) is 1.85. The molecule has 0 spiro atoms. The van der Waals surface area contributed by atoms with E-state index in [4.69, 9.17) is 10.5 Å². The van der Waals surface area contributed by atoms with E-state index in [-0.39, 0.29) is 31.0 Å². The van der Waals surface area contributed by atoms with Crippen LogP contribution in [0.1, 0.15) is 24.9 Å². The Labute approximate surface area is 117 Å². The second-order valence-electron chi connectivity index (χ2n) is 4.65. The van der Waals surface area contributed by atoms with Gasteiger partial charge < -0.3 is 15.4 Å². The van der Waals surface area contributed by atoms with E-state index >= 15 is 0 Å². The highest BCUT2D eigenvalue weighted by molar-refractivity contribution is 5.77. The van der Waals surface area contributed by atoms with Gasteiger partial charge in [-0.05, 0) is 24.6 Å². The number of carbonyl (C=O) groups is 1. The topological polar surface area (TPSA) is 55.6 Å². The van der Waals surface area contributed by atoms with Crippen LogP contribution in [0, 0.1) is 11.6 Å². The van der Waals surface area contributed by atoms with Crippen LogP contribution in [0.25, 0.3) is 0 Å². The Kier molecular flexibility index (Phi) is 6.04. The van der Waals surface area contributed by atoms with Crippen LogP contribution >= 0.6 is 0 Å². The minimum atomic E-state index is -0.924. The lowest BCUT2D eigenvalue weighted by atomic mass is 10.1. The van der Waals surface area contributed by atoms with Crippen molar-refractivity contribution in [1.29, 1.82) is 0 Å². The van der Waals surface area contributed by atoms with Crippen molar-refractivity contribution in [1.82, 2.24) is 4.90 Å². The second kappa shape index (κ2) is 7.31. The summed E-state index contributed by atoms with van der Waals surface area (Å²) in [5.74, 6) is -2.00. The molecule has 0 aliphatic rings. The molecule has 2 unspecified atom stereocenters. The number of hydrogen-bond acceptors (Lipinski definition) is 3. The zero-order chi connectivity index (χ0) is 15.3. The molecular formula is C14H20F2N2O2. The molecule has 1 rings (SSSR count). The van der Waals surface area contributed by atoms with Gasteiger partial charge in [0.25, 0.3) is 0 Å². The van der Waals surface area contributed by atoms with Gasteiger partial charge >= 0.3 is 0 Å². The monoisotopic (exact) mass is 286 g/mol. The first kappa shape index (κ1) is 16.5. The SMILES string of the molecule is COC(CN)CC(=O)N(C)C(C)c1ccc(F)c(F)c1. The number of halogens is 2. The number of methoxy groups -OCH3 is 1. The van der Waals surface area contributed by atoms with Crippen LogP contribution in [0.2, 0.25) is 0 Å². The van der Waals surface area contributed by atoms with Crippen molar-refractivity contribution in [3.8, 4) is 0 Å². The quantitative estimate of drug-likeness (QED) is 0.868. The van der Waals surface area contributed by atoms with Crippen molar-refractivity contribution in [2.45, 2.75) is 25.5 Å². The zero-order valence-corrected chi connectivity index (χ0v) is 11.9. The van der Waals surface area contributed by atoms with Crippen LogP contribution in [-0.2, 0) is 9.53 Å². The van der Waals surface area contributed by atoms with Crippen LogP contribution in [0.5, 0.6) is 0 Å². The van der Waals surface area contributed by atoms with Crippen LogP contribution in [0.15, 0.2) is 18.2 Å². The summed E-state index contributed by atoms with van der Waals surface area (Å²) in [4.78, 5) is 13.5. The van der Waals surface area contributed by atoms with Gasteiger partial charge in [-0.3, -0.25) is 4.79 Å². The van der Waals surface area contributed by atoms with Gasteiger partial charge in [0.1, 0.15) is 0 Å². The highest BCUT2D eigenvalue weighted by Crippen LogP contribution is 2.21. The van der Waals surface area contributed by atoms with Crippen LogP contribution < -0.4 is 5.73 Å². The molecule has 112 valence electrons. The Balaban J connectivity index is 2.77. The predicted molar refractivity (Wildman–Crippen MR) is 72.0 cm³/mol. The summed E-state index contributed by atoms with van der Waals surface area (Å²) in [6, 6.07) is 3.24. The second-order valence-corrected chi connectivity index (χ2v) is 4.65. The van der Waals surface area contributed by atoms with E-state index in [9.17, 15) is 13.6 Å². The third-order valence-corrected chi connectivity index (χ3v) is 3.40. The summed E-state index contributed by atoms with van der Waals surface area (Å²) in [6.45, 7) is 1.99. The standard InChI is InChI=1S/C14H20F2N2O2/c1-9(10-4-5-12(15)13(16)6-10)18(2)14(19)7-11(8-17)20-3/h4-6,9,11H,7-8,17H2,1-3H3. The Morgan fingerprint density at radius 3 is 2.55 bits per heavy atom. The van der Waals surface area contributed by atoms with E-state index in [0.29, 0.717) is 5.56 Å². The smallest absolute Gasteiger partial charge is 0.225 e. The number of amides is 1. The Hall–Kier alpha value is -1.53. The minimum Gasteiger partial charge on any atom is -0.380 e. The molecule has 0 saturated heterocycles. The first-order valence-electron chi connectivity index (χ1n) is 6.34. The van der Waals surface area contributed by atoms with E-state index in [2.05, 4.69) is 0 Å². The van der Waals surface area contributed by atoms with E-state index in [1.165, 1.54) is 18.1 Å². The molecule has 1 amide bonds. The van der Waals surface area contributed by atoms with Crippen LogP contribution in [0.3, 0.4) is 0 Å². The summed E-state index contributed by atoms with van der Waals surface area (Å²) in [6.07, 6.45) is -0.195. The average molecular weight is 286 g/mol. The molecule has 0 aromatic heterocycles.